The summed E-state index contributed by atoms with van der Waals surface area (Å²) in [5.74, 6) is -2.48. The van der Waals surface area contributed by atoms with E-state index in [4.69, 9.17) is 0 Å². The second-order valence-corrected chi connectivity index (χ2v) is 14.8. The smallest absolute Gasteiger partial charge is 0.335 e. The molecule has 4 aromatic carbocycles. The highest BCUT2D eigenvalue weighted by Gasteiger charge is 2.50. The summed E-state index contributed by atoms with van der Waals surface area (Å²) in [5, 5.41) is 42.8. The molecular formula is C43H39N4O10+. The number of nitro benzene ring substituents is 2. The first-order valence-electron chi connectivity index (χ1n) is 18.0. The molecule has 14 nitrogen and oxygen atoms in total. The van der Waals surface area contributed by atoms with E-state index in [9.17, 15) is 49.6 Å². The highest BCUT2D eigenvalue weighted by Crippen LogP contribution is 2.52. The number of carbonyl (C=O) groups is 4. The van der Waals surface area contributed by atoms with Crippen LogP contribution in [0.5, 0.6) is 0 Å². The molecule has 290 valence electrons. The molecule has 2 aliphatic rings. The monoisotopic (exact) mass is 771 g/mol. The summed E-state index contributed by atoms with van der Waals surface area (Å²) in [6, 6.07) is 21.7. The van der Waals surface area contributed by atoms with Crippen LogP contribution in [0.1, 0.15) is 83.5 Å². The molecular weight excluding hydrogens is 732 g/mol. The van der Waals surface area contributed by atoms with Crippen molar-refractivity contribution < 1.29 is 43.8 Å². The normalized spacial score (nSPS) is 19.2. The number of aromatic carboxylic acids is 2. The van der Waals surface area contributed by atoms with Gasteiger partial charge < -0.3 is 15.1 Å². The van der Waals surface area contributed by atoms with Crippen LogP contribution >= 0.6 is 0 Å². The number of carboxylic acid groups (broad SMARTS) is 2. The molecule has 2 atom stereocenters. The third-order valence-electron chi connectivity index (χ3n) is 10.7. The van der Waals surface area contributed by atoms with Gasteiger partial charge in [-0.1, -0.05) is 30.3 Å². The third-order valence-corrected chi connectivity index (χ3v) is 10.7. The van der Waals surface area contributed by atoms with Crippen molar-refractivity contribution in [3.8, 4) is 0 Å². The molecule has 2 aliphatic heterocycles. The number of Topliss-reactive ketones (excluding diaryl/α,β-unsaturated/α-hetero) is 2. The fourth-order valence-corrected chi connectivity index (χ4v) is 8.12. The number of hydrogen-bond acceptors (Lipinski definition) is 9. The van der Waals surface area contributed by atoms with Gasteiger partial charge >= 0.3 is 11.9 Å². The van der Waals surface area contributed by atoms with Crippen LogP contribution in [0, 0.1) is 20.2 Å². The summed E-state index contributed by atoms with van der Waals surface area (Å²) < 4.78 is 1.94. The lowest BCUT2D eigenvalue weighted by atomic mass is 9.75. The molecule has 4 aromatic rings. The quantitative estimate of drug-likeness (QED) is 0.0719. The fourth-order valence-electron chi connectivity index (χ4n) is 8.12. The van der Waals surface area contributed by atoms with E-state index in [1.54, 1.807) is 42.5 Å². The van der Waals surface area contributed by atoms with Crippen molar-refractivity contribution in [2.45, 2.75) is 64.5 Å². The van der Waals surface area contributed by atoms with E-state index in [0.29, 0.717) is 33.9 Å². The molecule has 0 bridgehead atoms. The Morgan fingerprint density at radius 1 is 0.719 bits per heavy atom. The second-order valence-electron chi connectivity index (χ2n) is 14.8. The molecule has 6 rings (SSSR count). The number of nitro groups is 2. The van der Waals surface area contributed by atoms with Crippen LogP contribution in [0.3, 0.4) is 0 Å². The van der Waals surface area contributed by atoms with Crippen LogP contribution in [0.2, 0.25) is 0 Å². The lowest BCUT2D eigenvalue weighted by molar-refractivity contribution is -0.455. The van der Waals surface area contributed by atoms with Gasteiger partial charge in [0.15, 0.2) is 12.3 Å². The van der Waals surface area contributed by atoms with Crippen LogP contribution in [-0.4, -0.2) is 53.9 Å². The third kappa shape index (κ3) is 7.61. The molecule has 0 aromatic heterocycles. The van der Waals surface area contributed by atoms with Crippen molar-refractivity contribution in [3.05, 3.63) is 162 Å². The molecule has 0 spiro atoms. The highest BCUT2D eigenvalue weighted by molar-refractivity contribution is 6.06. The number of nitrogens with zero attached hydrogens (tertiary/aromatic N) is 4. The van der Waals surface area contributed by atoms with E-state index in [1.807, 2.05) is 35.5 Å². The minimum absolute atomic E-state index is 0.00148. The van der Waals surface area contributed by atoms with E-state index in [2.05, 4.69) is 0 Å². The van der Waals surface area contributed by atoms with Crippen LogP contribution in [0.4, 0.5) is 22.7 Å². The molecule has 0 saturated carbocycles. The van der Waals surface area contributed by atoms with Crippen molar-refractivity contribution >= 4 is 52.0 Å². The van der Waals surface area contributed by atoms with Gasteiger partial charge in [-0.3, -0.25) is 29.8 Å². The zero-order valence-corrected chi connectivity index (χ0v) is 31.6. The minimum Gasteiger partial charge on any atom is -0.478 e. The Balaban J connectivity index is 1.55. The fraction of sp³-hybridized carbons (Fsp3) is 0.233. The first-order valence-corrected chi connectivity index (χ1v) is 18.0. The molecule has 2 unspecified atom stereocenters. The van der Waals surface area contributed by atoms with Gasteiger partial charge in [0.05, 0.1) is 26.4 Å². The number of hydrogen-bond donors (Lipinski definition) is 2. The Hall–Kier alpha value is -7.09. The van der Waals surface area contributed by atoms with Gasteiger partial charge in [0.25, 0.3) is 11.4 Å². The number of ketones is 2. The van der Waals surface area contributed by atoms with Gasteiger partial charge in [0.2, 0.25) is 5.69 Å². The molecule has 0 saturated heterocycles. The number of allylic oxidation sites excluding steroid dienone is 4. The molecule has 2 N–H and O–H groups in total. The van der Waals surface area contributed by atoms with Crippen molar-refractivity contribution in [2.75, 3.05) is 4.90 Å². The number of carboxylic acids is 2. The van der Waals surface area contributed by atoms with Gasteiger partial charge in [0, 0.05) is 83.7 Å². The van der Waals surface area contributed by atoms with Gasteiger partial charge in [-0.2, -0.15) is 4.58 Å². The van der Waals surface area contributed by atoms with Gasteiger partial charge in [-0.05, 0) is 75.2 Å². The molecule has 0 aliphatic carbocycles. The number of non-ortho nitro benzene ring substituents is 2. The van der Waals surface area contributed by atoms with Crippen LogP contribution in [-0.2, 0) is 33.5 Å². The lowest BCUT2D eigenvalue weighted by Crippen LogP contribution is -2.33. The summed E-state index contributed by atoms with van der Waals surface area (Å²) in [6.07, 6.45) is 5.39. The van der Waals surface area contributed by atoms with Gasteiger partial charge in [-0.25, -0.2) is 9.59 Å². The first-order chi connectivity index (χ1) is 26.9. The van der Waals surface area contributed by atoms with Gasteiger partial charge in [-0.15, -0.1) is 0 Å². The number of fused-ring (bicyclic) bond motifs is 2. The zero-order chi connectivity index (χ0) is 41.4. The van der Waals surface area contributed by atoms with Crippen molar-refractivity contribution in [3.63, 3.8) is 0 Å². The Bertz CT molecular complexity index is 2470. The van der Waals surface area contributed by atoms with Gasteiger partial charge in [0.1, 0.15) is 11.6 Å². The molecule has 57 heavy (non-hydrogen) atoms. The zero-order valence-electron chi connectivity index (χ0n) is 31.6. The van der Waals surface area contributed by atoms with Crippen molar-refractivity contribution in [1.82, 2.24) is 0 Å². The van der Waals surface area contributed by atoms with E-state index in [1.165, 1.54) is 62.4 Å². The average molecular weight is 772 g/mol. The summed E-state index contributed by atoms with van der Waals surface area (Å²) in [4.78, 5) is 73.8. The standard InChI is InChI=1S/C43H38N4O10/c1-26(48)22-42(3)34-20-32(46(54)55)16-18-36(34)44(24-28-8-12-30(13-9-28)40(50)51)38(42)6-5-7-39-43(4,23-27(2)49)35-21-33(47(56)57)17-19-37(35)45(39)25-29-10-14-31(15-11-29)41(52)53/h5-21H,22-25H2,1-4H3,(H-,50,51,52,53)/p+1. The number of rotatable bonds is 14. The van der Waals surface area contributed by atoms with Crippen molar-refractivity contribution in [2.24, 2.45) is 0 Å². The van der Waals surface area contributed by atoms with E-state index >= 15 is 0 Å². The molecule has 0 amide bonds. The average Bonchev–Trinajstić information content (AvgIpc) is 3.50. The molecule has 0 fully saturated rings. The summed E-state index contributed by atoms with van der Waals surface area (Å²) >= 11 is 0. The number of anilines is 1. The highest BCUT2D eigenvalue weighted by atomic mass is 16.6. The number of benzene rings is 4. The summed E-state index contributed by atoms with van der Waals surface area (Å²) in [7, 11) is 0. The minimum atomic E-state index is -1.08. The Morgan fingerprint density at radius 2 is 1.23 bits per heavy atom. The second kappa shape index (κ2) is 15.2. The SMILES string of the molecule is CC(=O)CC1(C)C(/C=C/C=C2/N(Cc3ccc(C(=O)O)cc3)c3ccc([N+](=O)[O-])cc3C2(C)CC(C)=O)=[N+](Cc2ccc(C(=O)O)cc2)c2ccc([N+](=O)[O-])cc21. The van der Waals surface area contributed by atoms with Crippen LogP contribution in [0.15, 0.2) is 109 Å². The molecule has 14 heteroatoms. The maximum atomic E-state index is 12.9. The maximum absolute atomic E-state index is 12.9. The van der Waals surface area contributed by atoms with Crippen molar-refractivity contribution in [1.29, 1.82) is 0 Å². The van der Waals surface area contributed by atoms with E-state index < -0.39 is 32.6 Å². The maximum Gasteiger partial charge on any atom is 0.335 e. The Morgan fingerprint density at radius 3 is 1.75 bits per heavy atom. The Labute approximate surface area is 327 Å². The van der Waals surface area contributed by atoms with Crippen LogP contribution in [0.25, 0.3) is 0 Å². The largest absolute Gasteiger partial charge is 0.478 e. The molecule has 0 radical (unpaired) electrons. The summed E-state index contributed by atoms with van der Waals surface area (Å²) in [6.45, 7) is 7.03. The molecule has 2 heterocycles. The Kier molecular flexibility index (Phi) is 10.6. The van der Waals surface area contributed by atoms with E-state index in [-0.39, 0.29) is 60.0 Å². The topological polar surface area (TPSA) is 201 Å². The lowest BCUT2D eigenvalue weighted by Gasteiger charge is -2.29. The predicted molar refractivity (Wildman–Crippen MR) is 210 cm³/mol. The predicted octanol–water partition coefficient (Wildman–Crippen LogP) is 7.83. The van der Waals surface area contributed by atoms with E-state index in [0.717, 1.165) is 11.1 Å². The number of carbonyl (C=O) groups excluding carboxylic acids is 2. The first kappa shape index (κ1) is 39.6. The van der Waals surface area contributed by atoms with Crippen LogP contribution < -0.4 is 4.90 Å². The summed E-state index contributed by atoms with van der Waals surface area (Å²) in [5.41, 5.74) is 2.95.